The molecule has 2 heteroatoms. The molecular weight excluding hydrogens is 176 g/mol. The highest BCUT2D eigenvalue weighted by Gasteiger charge is 2.36. The van der Waals surface area contributed by atoms with Crippen LogP contribution in [0.4, 0.5) is 0 Å². The zero-order valence-corrected chi connectivity index (χ0v) is 9.13. The lowest BCUT2D eigenvalue weighted by molar-refractivity contribution is -0.308. The number of aliphatic carboxylic acids is 1. The predicted octanol–water partition coefficient (Wildman–Crippen LogP) is 2.12. The molecule has 82 valence electrons. The van der Waals surface area contributed by atoms with Crippen LogP contribution in [0.3, 0.4) is 0 Å². The highest BCUT2D eigenvalue weighted by atomic mass is 16.4. The normalized spacial score (nSPS) is 24.9. The number of carboxylic acid groups (broad SMARTS) is 1. The van der Waals surface area contributed by atoms with E-state index in [1.807, 2.05) is 0 Å². The van der Waals surface area contributed by atoms with Gasteiger partial charge in [0.2, 0.25) is 0 Å². The second kappa shape index (κ2) is 6.05. The van der Waals surface area contributed by atoms with Crippen LogP contribution < -0.4 is 5.11 Å². The van der Waals surface area contributed by atoms with Gasteiger partial charge in [0.1, 0.15) is 0 Å². The fourth-order valence-corrected chi connectivity index (χ4v) is 2.04. The Morgan fingerprint density at radius 3 is 2.43 bits per heavy atom. The van der Waals surface area contributed by atoms with Crippen molar-refractivity contribution in [2.45, 2.75) is 58.3 Å². The summed E-state index contributed by atoms with van der Waals surface area (Å²) in [6.07, 6.45) is 9.73. The van der Waals surface area contributed by atoms with E-state index in [-0.39, 0.29) is 5.92 Å². The van der Waals surface area contributed by atoms with Gasteiger partial charge in [-0.2, -0.15) is 0 Å². The van der Waals surface area contributed by atoms with Crippen molar-refractivity contribution >= 4 is 5.97 Å². The molecule has 1 rings (SSSR count). The van der Waals surface area contributed by atoms with Gasteiger partial charge < -0.3 is 9.90 Å². The molecule has 2 nitrogen and oxygen atoms in total. The molecule has 0 heterocycles. The maximum atomic E-state index is 10.4. The minimum Gasteiger partial charge on any atom is -0.550 e. The highest BCUT2D eigenvalue weighted by molar-refractivity contribution is 5.71. The van der Waals surface area contributed by atoms with E-state index in [9.17, 15) is 9.90 Å². The van der Waals surface area contributed by atoms with Gasteiger partial charge in [-0.05, 0) is 18.8 Å². The van der Waals surface area contributed by atoms with E-state index in [0.29, 0.717) is 5.92 Å². The van der Waals surface area contributed by atoms with Gasteiger partial charge >= 0.3 is 0 Å². The standard InChI is InChI=1S/C12H22O2/c1-2-3-4-5-6-7-8-10-9-11(10)12(13)14/h10-11H,2-9H2,1H3,(H,13,14)/p-1/t10-,11+/m0/s1. The molecule has 0 radical (unpaired) electrons. The zero-order chi connectivity index (χ0) is 10.4. The summed E-state index contributed by atoms with van der Waals surface area (Å²) in [5, 5.41) is 10.4. The van der Waals surface area contributed by atoms with Crippen LogP contribution in [0.1, 0.15) is 58.3 Å². The Bertz CT molecular complexity index is 177. The number of hydrogen-bond donors (Lipinski definition) is 0. The van der Waals surface area contributed by atoms with E-state index in [0.717, 1.165) is 12.8 Å². The van der Waals surface area contributed by atoms with Crippen molar-refractivity contribution in [2.24, 2.45) is 11.8 Å². The summed E-state index contributed by atoms with van der Waals surface area (Å²) in [7, 11) is 0. The number of carboxylic acids is 1. The average molecular weight is 197 g/mol. The van der Waals surface area contributed by atoms with Crippen LogP contribution in [0.2, 0.25) is 0 Å². The first-order valence-corrected chi connectivity index (χ1v) is 5.96. The molecule has 1 aliphatic rings. The van der Waals surface area contributed by atoms with E-state index in [4.69, 9.17) is 0 Å². The van der Waals surface area contributed by atoms with Gasteiger partial charge in [-0.25, -0.2) is 0 Å². The van der Waals surface area contributed by atoms with Crippen molar-refractivity contribution in [1.82, 2.24) is 0 Å². The Balaban J connectivity index is 1.84. The van der Waals surface area contributed by atoms with Crippen LogP contribution in [0.5, 0.6) is 0 Å². The molecule has 0 amide bonds. The van der Waals surface area contributed by atoms with E-state index in [1.54, 1.807) is 0 Å². The lowest BCUT2D eigenvalue weighted by atomic mass is 10.1. The van der Waals surface area contributed by atoms with Crippen molar-refractivity contribution in [1.29, 1.82) is 0 Å². The summed E-state index contributed by atoms with van der Waals surface area (Å²) in [5.41, 5.74) is 0. The summed E-state index contributed by atoms with van der Waals surface area (Å²) >= 11 is 0. The first kappa shape index (κ1) is 11.5. The third kappa shape index (κ3) is 4.12. The van der Waals surface area contributed by atoms with Crippen LogP contribution in [-0.2, 0) is 4.79 Å². The van der Waals surface area contributed by atoms with E-state index in [1.165, 1.54) is 38.5 Å². The molecule has 1 fully saturated rings. The van der Waals surface area contributed by atoms with Crippen LogP contribution in [0.25, 0.3) is 0 Å². The first-order valence-electron chi connectivity index (χ1n) is 5.96. The third-order valence-electron chi connectivity index (χ3n) is 3.15. The number of unbranched alkanes of at least 4 members (excludes halogenated alkanes) is 5. The van der Waals surface area contributed by atoms with Gasteiger partial charge in [0, 0.05) is 11.9 Å². The molecule has 0 unspecified atom stereocenters. The van der Waals surface area contributed by atoms with Crippen molar-refractivity contribution in [3.8, 4) is 0 Å². The molecule has 0 saturated heterocycles. The Kier molecular flexibility index (Phi) is 4.99. The lowest BCUT2D eigenvalue weighted by Gasteiger charge is -2.01. The minimum atomic E-state index is -0.832. The first-order chi connectivity index (χ1) is 6.75. The number of carbonyl (C=O) groups is 1. The molecular formula is C12H21O2-. The monoisotopic (exact) mass is 197 g/mol. The highest BCUT2D eigenvalue weighted by Crippen LogP contribution is 2.41. The van der Waals surface area contributed by atoms with Crippen molar-refractivity contribution in [3.63, 3.8) is 0 Å². The Morgan fingerprint density at radius 2 is 1.86 bits per heavy atom. The van der Waals surface area contributed by atoms with Gasteiger partial charge in [-0.3, -0.25) is 0 Å². The molecule has 0 aromatic rings. The molecule has 0 bridgehead atoms. The summed E-state index contributed by atoms with van der Waals surface area (Å²) < 4.78 is 0. The van der Waals surface area contributed by atoms with Gasteiger partial charge in [-0.1, -0.05) is 45.4 Å². The minimum absolute atomic E-state index is 0.106. The topological polar surface area (TPSA) is 40.1 Å². The van der Waals surface area contributed by atoms with Crippen LogP contribution >= 0.6 is 0 Å². The van der Waals surface area contributed by atoms with Crippen LogP contribution in [0.15, 0.2) is 0 Å². The molecule has 0 aromatic heterocycles. The fourth-order valence-electron chi connectivity index (χ4n) is 2.04. The molecule has 0 aliphatic heterocycles. The molecule has 2 atom stereocenters. The summed E-state index contributed by atoms with van der Waals surface area (Å²) in [4.78, 5) is 10.4. The molecule has 0 N–H and O–H groups in total. The Hall–Kier alpha value is -0.530. The van der Waals surface area contributed by atoms with E-state index >= 15 is 0 Å². The number of carbonyl (C=O) groups excluding carboxylic acids is 1. The van der Waals surface area contributed by atoms with Crippen LogP contribution in [-0.4, -0.2) is 5.97 Å². The SMILES string of the molecule is CCCCCCCC[C@H]1C[C@H]1C(=O)[O-]. The van der Waals surface area contributed by atoms with Gasteiger partial charge in [-0.15, -0.1) is 0 Å². The van der Waals surface area contributed by atoms with E-state index < -0.39 is 5.97 Å². The fraction of sp³-hybridized carbons (Fsp3) is 0.917. The molecule has 1 saturated carbocycles. The van der Waals surface area contributed by atoms with Crippen molar-refractivity contribution in [2.75, 3.05) is 0 Å². The smallest absolute Gasteiger partial charge is 0.0448 e. The Labute approximate surface area is 86.7 Å². The number of rotatable bonds is 8. The van der Waals surface area contributed by atoms with Gasteiger partial charge in [0.15, 0.2) is 0 Å². The number of hydrogen-bond acceptors (Lipinski definition) is 2. The summed E-state index contributed by atoms with van der Waals surface area (Å²) in [5.74, 6) is -0.488. The van der Waals surface area contributed by atoms with Crippen molar-refractivity contribution < 1.29 is 9.90 Å². The van der Waals surface area contributed by atoms with Gasteiger partial charge in [0.05, 0.1) is 0 Å². The lowest BCUT2D eigenvalue weighted by Crippen LogP contribution is -2.24. The molecule has 14 heavy (non-hydrogen) atoms. The molecule has 0 spiro atoms. The third-order valence-corrected chi connectivity index (χ3v) is 3.15. The maximum absolute atomic E-state index is 10.4. The quantitative estimate of drug-likeness (QED) is 0.559. The van der Waals surface area contributed by atoms with E-state index in [2.05, 4.69) is 6.92 Å². The second-order valence-corrected chi connectivity index (χ2v) is 4.48. The maximum Gasteiger partial charge on any atom is 0.0448 e. The average Bonchev–Trinajstić information content (AvgIpc) is 2.90. The molecule has 1 aliphatic carbocycles. The van der Waals surface area contributed by atoms with Crippen LogP contribution in [0, 0.1) is 11.8 Å². The summed E-state index contributed by atoms with van der Waals surface area (Å²) in [6, 6.07) is 0. The zero-order valence-electron chi connectivity index (χ0n) is 9.13. The predicted molar refractivity (Wildman–Crippen MR) is 54.6 cm³/mol. The second-order valence-electron chi connectivity index (χ2n) is 4.48. The Morgan fingerprint density at radius 1 is 1.21 bits per heavy atom. The largest absolute Gasteiger partial charge is 0.550 e. The summed E-state index contributed by atoms with van der Waals surface area (Å²) in [6.45, 7) is 2.22. The molecule has 0 aromatic carbocycles. The van der Waals surface area contributed by atoms with Gasteiger partial charge in [0.25, 0.3) is 0 Å². The van der Waals surface area contributed by atoms with Crippen molar-refractivity contribution in [3.05, 3.63) is 0 Å².